The van der Waals surface area contributed by atoms with Gasteiger partial charge in [-0.3, -0.25) is 10.1 Å². The van der Waals surface area contributed by atoms with Gasteiger partial charge in [-0.05, 0) is 12.8 Å². The molecule has 5 heteroatoms. The molecule has 1 unspecified atom stereocenters. The molecule has 0 spiro atoms. The SMILES string of the molecule is CC(=O)NC(NC1CCCCC1)C(Cl)Cl. The zero-order valence-electron chi connectivity index (χ0n) is 8.93. The molecule has 15 heavy (non-hydrogen) atoms. The molecule has 3 nitrogen and oxygen atoms in total. The minimum absolute atomic E-state index is 0.116. The molecule has 2 N–H and O–H groups in total. The molecule has 88 valence electrons. The van der Waals surface area contributed by atoms with Crippen LogP contribution >= 0.6 is 23.2 Å². The zero-order chi connectivity index (χ0) is 11.3. The average molecular weight is 253 g/mol. The van der Waals surface area contributed by atoms with Crippen molar-refractivity contribution in [3.05, 3.63) is 0 Å². The standard InChI is InChI=1S/C10H18Cl2N2O/c1-7(15)13-10(9(11)12)14-8-5-3-2-4-6-8/h8-10,14H,2-6H2,1H3,(H,13,15). The van der Waals surface area contributed by atoms with Gasteiger partial charge >= 0.3 is 0 Å². The smallest absolute Gasteiger partial charge is 0.218 e. The van der Waals surface area contributed by atoms with Crippen LogP contribution in [0.1, 0.15) is 39.0 Å². The van der Waals surface area contributed by atoms with Crippen LogP contribution < -0.4 is 10.6 Å². The summed E-state index contributed by atoms with van der Waals surface area (Å²) in [5.74, 6) is -0.116. The Bertz CT molecular complexity index is 206. The third-order valence-electron chi connectivity index (χ3n) is 2.63. The first-order chi connectivity index (χ1) is 7.09. The fraction of sp³-hybridized carbons (Fsp3) is 0.900. The predicted octanol–water partition coefficient (Wildman–Crippen LogP) is 2.17. The lowest BCUT2D eigenvalue weighted by molar-refractivity contribution is -0.119. The highest BCUT2D eigenvalue weighted by Gasteiger charge is 2.22. The second-order valence-electron chi connectivity index (χ2n) is 4.01. The summed E-state index contributed by atoms with van der Waals surface area (Å²) in [6, 6.07) is 0.426. The van der Waals surface area contributed by atoms with Crippen LogP contribution in [0.25, 0.3) is 0 Å². The quantitative estimate of drug-likeness (QED) is 0.595. The first-order valence-electron chi connectivity index (χ1n) is 5.41. The second-order valence-corrected chi connectivity index (χ2v) is 5.18. The van der Waals surface area contributed by atoms with Gasteiger partial charge in [0.2, 0.25) is 5.91 Å². The Morgan fingerprint density at radius 2 is 1.87 bits per heavy atom. The number of nitrogens with one attached hydrogen (secondary N) is 2. The van der Waals surface area contributed by atoms with Crippen LogP contribution in [0.4, 0.5) is 0 Å². The lowest BCUT2D eigenvalue weighted by atomic mass is 9.95. The Hall–Kier alpha value is 0.01000. The maximum Gasteiger partial charge on any atom is 0.218 e. The van der Waals surface area contributed by atoms with Crippen molar-refractivity contribution in [2.24, 2.45) is 0 Å². The van der Waals surface area contributed by atoms with Crippen molar-refractivity contribution in [1.82, 2.24) is 10.6 Å². The number of hydrogen-bond acceptors (Lipinski definition) is 2. The highest BCUT2D eigenvalue weighted by Crippen LogP contribution is 2.19. The Labute approximate surface area is 101 Å². The fourth-order valence-electron chi connectivity index (χ4n) is 1.92. The van der Waals surface area contributed by atoms with E-state index in [2.05, 4.69) is 10.6 Å². The van der Waals surface area contributed by atoms with E-state index in [-0.39, 0.29) is 12.1 Å². The molecule has 1 aliphatic rings. The number of halogens is 2. The van der Waals surface area contributed by atoms with E-state index in [0.717, 1.165) is 12.8 Å². The largest absolute Gasteiger partial charge is 0.338 e. The van der Waals surface area contributed by atoms with E-state index < -0.39 is 4.84 Å². The molecule has 0 radical (unpaired) electrons. The topological polar surface area (TPSA) is 41.1 Å². The van der Waals surface area contributed by atoms with E-state index in [1.165, 1.54) is 26.2 Å². The number of alkyl halides is 2. The molecule has 0 aromatic carbocycles. The highest BCUT2D eigenvalue weighted by atomic mass is 35.5. The second kappa shape index (κ2) is 6.56. The summed E-state index contributed by atoms with van der Waals surface area (Å²) in [5, 5.41) is 6.00. The van der Waals surface area contributed by atoms with Gasteiger partial charge in [-0.25, -0.2) is 0 Å². The molecule has 1 fully saturated rings. The minimum Gasteiger partial charge on any atom is -0.338 e. The molecule has 0 aliphatic heterocycles. The van der Waals surface area contributed by atoms with Gasteiger partial charge in [0.25, 0.3) is 0 Å². The summed E-state index contributed by atoms with van der Waals surface area (Å²) in [5.41, 5.74) is 0. The number of rotatable bonds is 4. The maximum atomic E-state index is 10.9. The Morgan fingerprint density at radius 1 is 1.27 bits per heavy atom. The van der Waals surface area contributed by atoms with Crippen LogP contribution in [0.15, 0.2) is 0 Å². The number of hydrogen-bond donors (Lipinski definition) is 2. The molecule has 0 aromatic heterocycles. The molecule has 0 bridgehead atoms. The van der Waals surface area contributed by atoms with Crippen molar-refractivity contribution in [2.45, 2.75) is 56.1 Å². The lowest BCUT2D eigenvalue weighted by Gasteiger charge is -2.29. The van der Waals surface area contributed by atoms with Gasteiger partial charge in [0, 0.05) is 13.0 Å². The van der Waals surface area contributed by atoms with Crippen molar-refractivity contribution in [3.8, 4) is 0 Å². The van der Waals surface area contributed by atoms with Crippen molar-refractivity contribution < 1.29 is 4.79 Å². The van der Waals surface area contributed by atoms with Gasteiger partial charge in [-0.2, -0.15) is 0 Å². The van der Waals surface area contributed by atoms with E-state index in [1.807, 2.05) is 0 Å². The summed E-state index contributed by atoms with van der Waals surface area (Å²) in [7, 11) is 0. The normalized spacial score (nSPS) is 20.3. The summed E-state index contributed by atoms with van der Waals surface area (Å²) < 4.78 is 0. The monoisotopic (exact) mass is 252 g/mol. The van der Waals surface area contributed by atoms with E-state index in [1.54, 1.807) is 0 Å². The van der Waals surface area contributed by atoms with Gasteiger partial charge in [-0.1, -0.05) is 19.3 Å². The van der Waals surface area contributed by atoms with Crippen LogP contribution in [-0.4, -0.2) is 23.0 Å². The molecule has 0 heterocycles. The van der Waals surface area contributed by atoms with Gasteiger partial charge in [0.05, 0.1) is 0 Å². The molecular weight excluding hydrogens is 235 g/mol. The molecular formula is C10H18Cl2N2O. The van der Waals surface area contributed by atoms with Crippen LogP contribution in [0.5, 0.6) is 0 Å². The molecule has 1 aliphatic carbocycles. The van der Waals surface area contributed by atoms with E-state index in [4.69, 9.17) is 23.2 Å². The third kappa shape index (κ3) is 5.05. The van der Waals surface area contributed by atoms with Crippen molar-refractivity contribution in [1.29, 1.82) is 0 Å². The van der Waals surface area contributed by atoms with E-state index in [0.29, 0.717) is 6.04 Å². The van der Waals surface area contributed by atoms with Crippen LogP contribution in [-0.2, 0) is 4.79 Å². The summed E-state index contributed by atoms with van der Waals surface area (Å²) in [6.45, 7) is 1.46. The number of carbonyl (C=O) groups is 1. The van der Waals surface area contributed by atoms with Gasteiger partial charge < -0.3 is 5.32 Å². The lowest BCUT2D eigenvalue weighted by Crippen LogP contribution is -2.53. The molecule has 0 aromatic rings. The highest BCUT2D eigenvalue weighted by molar-refractivity contribution is 6.44. The number of carbonyl (C=O) groups excluding carboxylic acids is 1. The van der Waals surface area contributed by atoms with Crippen LogP contribution in [0, 0.1) is 0 Å². The molecule has 1 rings (SSSR count). The van der Waals surface area contributed by atoms with Crippen molar-refractivity contribution >= 4 is 29.1 Å². The predicted molar refractivity (Wildman–Crippen MR) is 63.1 cm³/mol. The van der Waals surface area contributed by atoms with Crippen LogP contribution in [0.3, 0.4) is 0 Å². The first-order valence-corrected chi connectivity index (χ1v) is 6.28. The summed E-state index contributed by atoms with van der Waals surface area (Å²) in [6.07, 6.45) is 5.70. The van der Waals surface area contributed by atoms with Crippen molar-refractivity contribution in [2.75, 3.05) is 0 Å². The van der Waals surface area contributed by atoms with Gasteiger partial charge in [0.15, 0.2) is 0 Å². The number of amides is 1. The van der Waals surface area contributed by atoms with E-state index in [9.17, 15) is 4.79 Å². The average Bonchev–Trinajstić information content (AvgIpc) is 2.17. The Balaban J connectivity index is 2.38. The summed E-state index contributed by atoms with van der Waals surface area (Å²) in [4.78, 5) is 10.3. The first kappa shape index (κ1) is 13.1. The molecule has 1 amide bonds. The maximum absolute atomic E-state index is 10.9. The van der Waals surface area contributed by atoms with Gasteiger partial charge in [0.1, 0.15) is 11.0 Å². The minimum atomic E-state index is -0.615. The Morgan fingerprint density at radius 3 is 2.33 bits per heavy atom. The fourth-order valence-corrected chi connectivity index (χ4v) is 2.19. The molecule has 0 saturated heterocycles. The molecule has 1 saturated carbocycles. The van der Waals surface area contributed by atoms with E-state index >= 15 is 0 Å². The summed E-state index contributed by atoms with van der Waals surface area (Å²) >= 11 is 11.6. The Kier molecular flexibility index (Phi) is 5.72. The zero-order valence-corrected chi connectivity index (χ0v) is 10.4. The van der Waals surface area contributed by atoms with Crippen LogP contribution in [0.2, 0.25) is 0 Å². The molecule has 1 atom stereocenters. The van der Waals surface area contributed by atoms with Crippen molar-refractivity contribution in [3.63, 3.8) is 0 Å². The third-order valence-corrected chi connectivity index (χ3v) is 3.14. The van der Waals surface area contributed by atoms with Gasteiger partial charge in [-0.15, -0.1) is 23.2 Å².